The first-order valence-electron chi connectivity index (χ1n) is 3.67. The van der Waals surface area contributed by atoms with Crippen molar-refractivity contribution in [2.75, 3.05) is 13.1 Å². The molecule has 0 atom stereocenters. The van der Waals surface area contributed by atoms with Gasteiger partial charge in [-0.25, -0.2) is 0 Å². The lowest BCUT2D eigenvalue weighted by atomic mass is 10.2. The molecule has 0 radical (unpaired) electrons. The van der Waals surface area contributed by atoms with Crippen LogP contribution in [0.3, 0.4) is 0 Å². The van der Waals surface area contributed by atoms with Crippen LogP contribution in [0.5, 0.6) is 0 Å². The first-order valence-corrected chi connectivity index (χ1v) is 3.67. The van der Waals surface area contributed by atoms with Crippen LogP contribution >= 0.6 is 0 Å². The third-order valence-corrected chi connectivity index (χ3v) is 1.21. The molecule has 10 heavy (non-hydrogen) atoms. The highest BCUT2D eigenvalue weighted by Crippen LogP contribution is 1.90. The van der Waals surface area contributed by atoms with Gasteiger partial charge in [0.15, 0.2) is 0 Å². The number of nitrogens with one attached hydrogen (secondary N) is 1. The van der Waals surface area contributed by atoms with Gasteiger partial charge < -0.3 is 5.32 Å². The average molecular weight is 137 g/mol. The maximum Gasteiger partial charge on any atom is 0.0132 e. The van der Waals surface area contributed by atoms with E-state index >= 15 is 0 Å². The van der Waals surface area contributed by atoms with Crippen LogP contribution in [0.15, 0.2) is 12.7 Å². The van der Waals surface area contributed by atoms with E-state index < -0.39 is 0 Å². The molecule has 0 aromatic carbocycles. The van der Waals surface area contributed by atoms with E-state index in [2.05, 4.69) is 17.8 Å². The Morgan fingerprint density at radius 2 is 2.30 bits per heavy atom. The number of hydrogen-bond donors (Lipinski definition) is 1. The van der Waals surface area contributed by atoms with Gasteiger partial charge in [-0.15, -0.1) is 18.9 Å². The molecule has 1 nitrogen and oxygen atoms in total. The van der Waals surface area contributed by atoms with E-state index in [0.29, 0.717) is 0 Å². The van der Waals surface area contributed by atoms with Gasteiger partial charge in [0, 0.05) is 13.0 Å². The molecule has 0 aromatic heterocycles. The zero-order valence-corrected chi connectivity index (χ0v) is 6.40. The highest BCUT2D eigenvalue weighted by atomic mass is 14.8. The van der Waals surface area contributed by atoms with Gasteiger partial charge in [0.25, 0.3) is 0 Å². The summed E-state index contributed by atoms with van der Waals surface area (Å²) < 4.78 is 0. The minimum absolute atomic E-state index is 0.899. The van der Waals surface area contributed by atoms with Gasteiger partial charge >= 0.3 is 0 Å². The first-order chi connectivity index (χ1) is 4.91. The van der Waals surface area contributed by atoms with Crippen molar-refractivity contribution < 1.29 is 0 Å². The summed E-state index contributed by atoms with van der Waals surface area (Å²) >= 11 is 0. The quantitative estimate of drug-likeness (QED) is 0.333. The predicted molar refractivity (Wildman–Crippen MR) is 45.8 cm³/mol. The fourth-order valence-electron chi connectivity index (χ4n) is 0.681. The number of hydrogen-bond acceptors (Lipinski definition) is 1. The van der Waals surface area contributed by atoms with Crippen molar-refractivity contribution in [1.82, 2.24) is 5.32 Å². The topological polar surface area (TPSA) is 12.0 Å². The van der Waals surface area contributed by atoms with Crippen LogP contribution < -0.4 is 5.32 Å². The summed E-state index contributed by atoms with van der Waals surface area (Å²) in [5, 5.41) is 3.21. The molecule has 0 rings (SSSR count). The lowest BCUT2D eigenvalue weighted by Gasteiger charge is -1.97. The largest absolute Gasteiger partial charge is 0.313 e. The van der Waals surface area contributed by atoms with E-state index in [1.54, 1.807) is 0 Å². The van der Waals surface area contributed by atoms with Crippen LogP contribution in [0.25, 0.3) is 0 Å². The molecule has 0 saturated carbocycles. The zero-order chi connectivity index (χ0) is 7.66. The normalized spacial score (nSPS) is 8.70. The fraction of sp³-hybridized carbons (Fsp3) is 0.556. The van der Waals surface area contributed by atoms with E-state index in [1.165, 1.54) is 0 Å². The summed E-state index contributed by atoms with van der Waals surface area (Å²) in [4.78, 5) is 0. The second kappa shape index (κ2) is 8.26. The van der Waals surface area contributed by atoms with Crippen molar-refractivity contribution in [3.8, 4) is 12.3 Å². The molecular formula is C9H15N. The predicted octanol–water partition coefficient (Wildman–Crippen LogP) is 1.57. The van der Waals surface area contributed by atoms with E-state index in [-0.39, 0.29) is 0 Å². The lowest BCUT2D eigenvalue weighted by Crippen LogP contribution is -2.14. The zero-order valence-electron chi connectivity index (χ0n) is 6.40. The van der Waals surface area contributed by atoms with Crippen LogP contribution in [0, 0.1) is 12.3 Å². The summed E-state index contributed by atoms with van der Waals surface area (Å²) in [6.07, 6.45) is 10.1. The van der Waals surface area contributed by atoms with Crippen LogP contribution in [0.4, 0.5) is 0 Å². The summed E-state index contributed by atoms with van der Waals surface area (Å²) in [5.74, 6) is 2.61. The van der Waals surface area contributed by atoms with Gasteiger partial charge in [-0.1, -0.05) is 6.08 Å². The molecule has 1 heteroatoms. The van der Waals surface area contributed by atoms with Crippen molar-refractivity contribution in [3.05, 3.63) is 12.7 Å². The molecule has 0 fully saturated rings. The molecule has 0 aliphatic heterocycles. The Hall–Kier alpha value is -0.740. The standard InChI is InChI=1S/C9H15N/c1-3-5-6-7-9-10-8-4-2/h1,4,10H,2,5-9H2. The third kappa shape index (κ3) is 7.26. The van der Waals surface area contributed by atoms with Crippen LogP contribution in [-0.2, 0) is 0 Å². The number of unbranched alkanes of at least 4 members (excludes halogenated alkanes) is 2. The van der Waals surface area contributed by atoms with Gasteiger partial charge in [0.1, 0.15) is 0 Å². The smallest absolute Gasteiger partial charge is 0.0132 e. The van der Waals surface area contributed by atoms with Gasteiger partial charge in [0.2, 0.25) is 0 Å². The Labute approximate surface area is 63.5 Å². The molecule has 0 unspecified atom stereocenters. The highest BCUT2D eigenvalue weighted by Gasteiger charge is 1.83. The van der Waals surface area contributed by atoms with Crippen LogP contribution in [0.1, 0.15) is 19.3 Å². The van der Waals surface area contributed by atoms with Crippen LogP contribution in [0.2, 0.25) is 0 Å². The maximum absolute atomic E-state index is 5.08. The van der Waals surface area contributed by atoms with Crippen LogP contribution in [-0.4, -0.2) is 13.1 Å². The summed E-state index contributed by atoms with van der Waals surface area (Å²) in [7, 11) is 0. The van der Waals surface area contributed by atoms with E-state index in [1.807, 2.05) is 6.08 Å². The monoisotopic (exact) mass is 137 g/mol. The Morgan fingerprint density at radius 3 is 2.90 bits per heavy atom. The summed E-state index contributed by atoms with van der Waals surface area (Å²) in [6.45, 7) is 5.55. The lowest BCUT2D eigenvalue weighted by molar-refractivity contribution is 0.665. The van der Waals surface area contributed by atoms with Gasteiger partial charge in [-0.2, -0.15) is 0 Å². The van der Waals surface area contributed by atoms with Crippen molar-refractivity contribution in [3.63, 3.8) is 0 Å². The SMILES string of the molecule is C#CCCCCNCC=C. The van der Waals surface area contributed by atoms with Crippen molar-refractivity contribution in [2.45, 2.75) is 19.3 Å². The highest BCUT2D eigenvalue weighted by molar-refractivity contribution is 4.82. The Kier molecular flexibility index (Phi) is 7.65. The maximum atomic E-state index is 5.08. The number of terminal acetylenes is 1. The number of rotatable bonds is 6. The Bertz CT molecular complexity index is 110. The van der Waals surface area contributed by atoms with Crippen molar-refractivity contribution in [2.24, 2.45) is 0 Å². The van der Waals surface area contributed by atoms with E-state index in [9.17, 15) is 0 Å². The average Bonchev–Trinajstić information content (AvgIpc) is 1.97. The van der Waals surface area contributed by atoms with Gasteiger partial charge in [-0.05, 0) is 19.4 Å². The third-order valence-electron chi connectivity index (χ3n) is 1.21. The van der Waals surface area contributed by atoms with E-state index in [4.69, 9.17) is 6.42 Å². The molecule has 56 valence electrons. The second-order valence-electron chi connectivity index (χ2n) is 2.15. The Balaban J connectivity index is 2.78. The molecule has 0 aromatic rings. The minimum atomic E-state index is 0.899. The summed E-state index contributed by atoms with van der Waals surface area (Å²) in [5.41, 5.74) is 0. The second-order valence-corrected chi connectivity index (χ2v) is 2.15. The van der Waals surface area contributed by atoms with Gasteiger partial charge in [-0.3, -0.25) is 0 Å². The molecular weight excluding hydrogens is 122 g/mol. The molecule has 0 amide bonds. The minimum Gasteiger partial charge on any atom is -0.313 e. The fourth-order valence-corrected chi connectivity index (χ4v) is 0.681. The molecule has 0 aliphatic carbocycles. The van der Waals surface area contributed by atoms with Crippen molar-refractivity contribution >= 4 is 0 Å². The summed E-state index contributed by atoms with van der Waals surface area (Å²) in [6, 6.07) is 0. The molecule has 0 saturated heterocycles. The van der Waals surface area contributed by atoms with Crippen molar-refractivity contribution in [1.29, 1.82) is 0 Å². The molecule has 0 aliphatic rings. The first kappa shape index (κ1) is 9.26. The molecule has 1 N–H and O–H groups in total. The van der Waals surface area contributed by atoms with E-state index in [0.717, 1.165) is 32.4 Å². The molecule has 0 heterocycles. The van der Waals surface area contributed by atoms with Gasteiger partial charge in [0.05, 0.1) is 0 Å². The Morgan fingerprint density at radius 1 is 1.50 bits per heavy atom. The molecule has 0 bridgehead atoms. The molecule has 0 spiro atoms.